The van der Waals surface area contributed by atoms with E-state index in [9.17, 15) is 18.0 Å². The second-order valence-electron chi connectivity index (χ2n) is 7.77. The van der Waals surface area contributed by atoms with Crippen molar-refractivity contribution >= 4 is 17.4 Å². The molecule has 2 bridgehead atoms. The van der Waals surface area contributed by atoms with Crippen LogP contribution in [0.4, 0.5) is 13.2 Å². The van der Waals surface area contributed by atoms with E-state index >= 15 is 0 Å². The van der Waals surface area contributed by atoms with Crippen LogP contribution < -0.4 is 0 Å². The maximum Gasteiger partial charge on any atom is 0.416 e. The molecule has 0 spiro atoms. The number of halogens is 3. The lowest BCUT2D eigenvalue weighted by atomic mass is 9.91. The zero-order chi connectivity index (χ0) is 22.3. The minimum atomic E-state index is -4.42. The fourth-order valence-electron chi connectivity index (χ4n) is 4.00. The van der Waals surface area contributed by atoms with E-state index in [2.05, 4.69) is 5.16 Å². The number of hydrogen-bond donors (Lipinski definition) is 0. The molecule has 164 valence electrons. The van der Waals surface area contributed by atoms with Crippen LogP contribution in [-0.2, 0) is 25.4 Å². The Morgan fingerprint density at radius 3 is 2.61 bits per heavy atom. The Balaban J connectivity index is 1.79. The first-order chi connectivity index (χ1) is 14.7. The Bertz CT molecular complexity index is 1050. The van der Waals surface area contributed by atoms with Crippen molar-refractivity contribution in [2.75, 3.05) is 14.2 Å². The maximum absolute atomic E-state index is 13.3. The summed E-state index contributed by atoms with van der Waals surface area (Å²) < 4.78 is 46.3. The number of nitrogens with zero attached hydrogens (tertiary/aromatic N) is 2. The fourth-order valence-corrected chi connectivity index (χ4v) is 4.00. The highest BCUT2D eigenvalue weighted by Crippen LogP contribution is 2.47. The van der Waals surface area contributed by atoms with Gasteiger partial charge in [-0.1, -0.05) is 17.3 Å². The maximum atomic E-state index is 13.3. The predicted octanol–water partition coefficient (Wildman–Crippen LogP) is 4.33. The molecular weight excluding hydrogens is 413 g/mol. The third kappa shape index (κ3) is 3.96. The number of allylic oxidation sites excluding steroid dienone is 3. The van der Waals surface area contributed by atoms with Gasteiger partial charge in [-0.2, -0.15) is 13.2 Å². The number of hydrogen-bond acceptors (Lipinski definition) is 5. The molecule has 1 aromatic carbocycles. The summed E-state index contributed by atoms with van der Waals surface area (Å²) in [6, 6.07) is 5.01. The quantitative estimate of drug-likeness (QED) is 0.289. The van der Waals surface area contributed by atoms with Crippen molar-refractivity contribution in [1.82, 2.24) is 0 Å². The monoisotopic (exact) mass is 435 g/mol. The number of oxime groups is 1. The van der Waals surface area contributed by atoms with Crippen LogP contribution in [0.1, 0.15) is 43.4 Å². The molecule has 1 aromatic rings. The van der Waals surface area contributed by atoms with E-state index in [1.807, 2.05) is 6.92 Å². The average Bonchev–Trinajstić information content (AvgIpc) is 3.57. The van der Waals surface area contributed by atoms with Crippen molar-refractivity contribution in [3.05, 3.63) is 58.4 Å². The second kappa shape index (κ2) is 7.86. The van der Waals surface area contributed by atoms with E-state index in [0.29, 0.717) is 23.3 Å². The van der Waals surface area contributed by atoms with Gasteiger partial charge in [-0.25, -0.2) is 9.63 Å². The summed E-state index contributed by atoms with van der Waals surface area (Å²) in [5.74, 6) is -0.0528. The van der Waals surface area contributed by atoms with Gasteiger partial charge in [-0.3, -0.25) is 0 Å². The number of alkyl halides is 3. The molecule has 1 atom stereocenters. The lowest BCUT2D eigenvalue weighted by Crippen LogP contribution is -2.37. The van der Waals surface area contributed by atoms with E-state index < -0.39 is 17.7 Å². The van der Waals surface area contributed by atoms with Crippen molar-refractivity contribution < 1.29 is 37.1 Å². The van der Waals surface area contributed by atoms with Crippen molar-refractivity contribution in [2.45, 2.75) is 38.4 Å². The molecule has 6 nitrogen and oxygen atoms in total. The highest BCUT2D eigenvalue weighted by Gasteiger charge is 2.49. The number of carbonyl (C=O) groups excluding carboxylic acids is 1. The molecule has 31 heavy (non-hydrogen) atoms. The average molecular weight is 435 g/mol. The van der Waals surface area contributed by atoms with Gasteiger partial charge in [0.25, 0.3) is 0 Å². The minimum absolute atomic E-state index is 0.0294. The number of hydroxylamine groups is 1. The summed E-state index contributed by atoms with van der Waals surface area (Å²) in [4.78, 5) is 23.1. The lowest BCUT2D eigenvalue weighted by molar-refractivity contribution is -0.808. The van der Waals surface area contributed by atoms with Crippen LogP contribution in [-0.4, -0.2) is 36.4 Å². The van der Waals surface area contributed by atoms with Gasteiger partial charge in [0.15, 0.2) is 5.71 Å². The van der Waals surface area contributed by atoms with Crippen molar-refractivity contribution in [3.8, 4) is 0 Å². The molecule has 5 rings (SSSR count). The molecule has 0 aromatic heterocycles. The van der Waals surface area contributed by atoms with Crippen LogP contribution >= 0.6 is 0 Å². The molecule has 0 saturated heterocycles. The topological polar surface area (TPSA) is 60.1 Å². The van der Waals surface area contributed by atoms with Gasteiger partial charge >= 0.3 is 12.1 Å². The smallest absolute Gasteiger partial charge is 0.416 e. The number of methoxy groups -OCH3 is 1. The van der Waals surface area contributed by atoms with Gasteiger partial charge in [-0.05, 0) is 42.2 Å². The van der Waals surface area contributed by atoms with E-state index in [1.165, 1.54) is 26.4 Å². The molecule has 1 fully saturated rings. The van der Waals surface area contributed by atoms with Gasteiger partial charge < -0.3 is 9.57 Å². The van der Waals surface area contributed by atoms with Crippen molar-refractivity contribution in [1.29, 1.82) is 0 Å². The second-order valence-corrected chi connectivity index (χ2v) is 7.77. The molecular formula is C22H22F3N2O4+. The van der Waals surface area contributed by atoms with Crippen LogP contribution in [0.5, 0.6) is 0 Å². The minimum Gasteiger partial charge on any atom is -0.464 e. The summed E-state index contributed by atoms with van der Waals surface area (Å²) in [6.45, 7) is 1.87. The Morgan fingerprint density at radius 1 is 1.29 bits per heavy atom. The number of esters is 1. The number of rotatable bonds is 6. The molecule has 0 radical (unpaired) electrons. The third-order valence-corrected chi connectivity index (χ3v) is 5.56. The number of ether oxygens (including phenoxy) is 1. The summed E-state index contributed by atoms with van der Waals surface area (Å²) >= 11 is 0. The molecule has 9 heteroatoms. The molecule has 1 unspecified atom stereocenters. The molecule has 1 saturated carbocycles. The van der Waals surface area contributed by atoms with Crippen molar-refractivity contribution in [2.24, 2.45) is 11.1 Å². The van der Waals surface area contributed by atoms with Gasteiger partial charge in [0.1, 0.15) is 7.11 Å². The van der Waals surface area contributed by atoms with E-state index in [1.54, 1.807) is 16.9 Å². The Labute approximate surface area is 177 Å². The van der Waals surface area contributed by atoms with Crippen LogP contribution in [0.15, 0.2) is 52.4 Å². The first-order valence-electron chi connectivity index (χ1n) is 9.86. The molecule has 2 heterocycles. The van der Waals surface area contributed by atoms with Crippen molar-refractivity contribution in [3.63, 3.8) is 0 Å². The van der Waals surface area contributed by atoms with Gasteiger partial charge in [0, 0.05) is 17.6 Å². The highest BCUT2D eigenvalue weighted by molar-refractivity contribution is 6.45. The van der Waals surface area contributed by atoms with Crippen LogP contribution in [0.2, 0.25) is 0 Å². The summed E-state index contributed by atoms with van der Waals surface area (Å²) in [7, 11) is 2.57. The summed E-state index contributed by atoms with van der Waals surface area (Å²) in [5.41, 5.74) is 1.89. The van der Waals surface area contributed by atoms with E-state index in [4.69, 9.17) is 14.4 Å². The van der Waals surface area contributed by atoms with Gasteiger partial charge in [-0.15, -0.1) is 0 Å². The third-order valence-electron chi connectivity index (χ3n) is 5.56. The summed E-state index contributed by atoms with van der Waals surface area (Å²) in [6.07, 6.45) is -0.286. The highest BCUT2D eigenvalue weighted by atomic mass is 19.4. The lowest BCUT2D eigenvalue weighted by Gasteiger charge is -2.27. The number of carbonyl (C=O) groups is 1. The summed E-state index contributed by atoms with van der Waals surface area (Å²) in [5, 5.41) is 3.79. The largest absolute Gasteiger partial charge is 0.464 e. The molecule has 4 aliphatic rings. The Kier molecular flexibility index (Phi) is 5.36. The molecule has 0 N–H and O–H groups in total. The van der Waals surface area contributed by atoms with Crippen LogP contribution in [0.3, 0.4) is 0 Å². The molecule has 0 amide bonds. The number of fused-ring (bicyclic) bond motifs is 2. The zero-order valence-electron chi connectivity index (χ0n) is 17.3. The molecule has 2 aliphatic carbocycles. The van der Waals surface area contributed by atoms with E-state index in [-0.39, 0.29) is 17.7 Å². The number of benzene rings is 1. The predicted molar refractivity (Wildman–Crippen MR) is 105 cm³/mol. The normalized spacial score (nSPS) is 19.8. The SMILES string of the molecule is CON=C(C(=O)OC)C1=CC2=[N+](C(c3cccc(C(F)(F)F)c3)C3CC3)OC1=C(C)C2. The van der Waals surface area contributed by atoms with Crippen LogP contribution in [0.25, 0.3) is 0 Å². The van der Waals surface area contributed by atoms with Gasteiger partial charge in [0.05, 0.1) is 24.7 Å². The van der Waals surface area contributed by atoms with Gasteiger partial charge in [0.2, 0.25) is 17.5 Å². The van der Waals surface area contributed by atoms with Crippen LogP contribution in [0, 0.1) is 5.92 Å². The zero-order valence-corrected chi connectivity index (χ0v) is 17.3. The standard InChI is InChI=1S/C22H22F3N2O4/c1-12-9-16-11-17(18(26-30-3)21(28)29-2)20(12)31-27(16)19(13-7-8-13)14-5-4-6-15(10-14)22(23,24)25/h4-6,10-11,13,19H,7-9H2,1-3H3/q+1. The Morgan fingerprint density at radius 2 is 2.03 bits per heavy atom. The first-order valence-corrected chi connectivity index (χ1v) is 9.86. The molecule has 2 aliphatic heterocycles. The Hall–Kier alpha value is -3.10. The van der Waals surface area contributed by atoms with E-state index in [0.717, 1.165) is 30.2 Å². The fraction of sp³-hybridized carbons (Fsp3) is 0.409. The first kappa shape index (κ1) is 21.1.